The van der Waals surface area contributed by atoms with Crippen LogP contribution in [0.4, 0.5) is 0 Å². The van der Waals surface area contributed by atoms with Crippen molar-refractivity contribution in [1.82, 2.24) is 10.3 Å². The van der Waals surface area contributed by atoms with Crippen LogP contribution in [0.15, 0.2) is 40.8 Å². The SMILES string of the molecule is CCNC(Cc1nc2ccccc2s1)c1ccc(C)o1. The van der Waals surface area contributed by atoms with Gasteiger partial charge in [0, 0.05) is 6.42 Å². The summed E-state index contributed by atoms with van der Waals surface area (Å²) in [4.78, 5) is 4.70. The van der Waals surface area contributed by atoms with Gasteiger partial charge in [-0.1, -0.05) is 19.1 Å². The number of benzene rings is 1. The highest BCUT2D eigenvalue weighted by atomic mass is 32.1. The predicted molar refractivity (Wildman–Crippen MR) is 83.2 cm³/mol. The number of fused-ring (bicyclic) bond motifs is 1. The maximum Gasteiger partial charge on any atom is 0.121 e. The van der Waals surface area contributed by atoms with Gasteiger partial charge in [0.25, 0.3) is 0 Å². The second-order valence-electron chi connectivity index (χ2n) is 4.84. The monoisotopic (exact) mass is 286 g/mol. The highest BCUT2D eigenvalue weighted by Gasteiger charge is 2.17. The minimum absolute atomic E-state index is 0.189. The molecule has 4 heteroatoms. The zero-order chi connectivity index (χ0) is 13.9. The lowest BCUT2D eigenvalue weighted by Crippen LogP contribution is -2.22. The molecule has 0 aliphatic rings. The van der Waals surface area contributed by atoms with Gasteiger partial charge in [0.15, 0.2) is 0 Å². The van der Waals surface area contributed by atoms with Crippen molar-refractivity contribution in [3.63, 3.8) is 0 Å². The zero-order valence-corrected chi connectivity index (χ0v) is 12.5. The number of aromatic nitrogens is 1. The van der Waals surface area contributed by atoms with E-state index in [0.29, 0.717) is 0 Å². The molecule has 104 valence electrons. The third-order valence-corrected chi connectivity index (χ3v) is 4.33. The fourth-order valence-electron chi connectivity index (χ4n) is 2.34. The van der Waals surface area contributed by atoms with Crippen molar-refractivity contribution in [3.05, 3.63) is 52.9 Å². The van der Waals surface area contributed by atoms with Crippen LogP contribution in [0.25, 0.3) is 10.2 Å². The van der Waals surface area contributed by atoms with E-state index in [0.717, 1.165) is 35.0 Å². The number of furan rings is 1. The Labute approximate surface area is 122 Å². The van der Waals surface area contributed by atoms with E-state index in [1.807, 2.05) is 19.1 Å². The lowest BCUT2D eigenvalue weighted by Gasteiger charge is -2.13. The Morgan fingerprint density at radius 2 is 2.10 bits per heavy atom. The molecule has 3 rings (SSSR count). The van der Waals surface area contributed by atoms with Gasteiger partial charge in [-0.05, 0) is 37.7 Å². The van der Waals surface area contributed by atoms with Gasteiger partial charge in [0.1, 0.15) is 11.5 Å². The number of hydrogen-bond donors (Lipinski definition) is 1. The maximum atomic E-state index is 5.76. The summed E-state index contributed by atoms with van der Waals surface area (Å²) in [5, 5.41) is 4.62. The molecule has 1 N–H and O–H groups in total. The van der Waals surface area contributed by atoms with E-state index in [1.54, 1.807) is 11.3 Å². The fourth-order valence-corrected chi connectivity index (χ4v) is 3.36. The van der Waals surface area contributed by atoms with Crippen LogP contribution in [0, 0.1) is 6.92 Å². The van der Waals surface area contributed by atoms with Crippen molar-refractivity contribution >= 4 is 21.6 Å². The van der Waals surface area contributed by atoms with E-state index < -0.39 is 0 Å². The lowest BCUT2D eigenvalue weighted by molar-refractivity contribution is 0.403. The van der Waals surface area contributed by atoms with E-state index in [9.17, 15) is 0 Å². The molecule has 1 unspecified atom stereocenters. The molecule has 20 heavy (non-hydrogen) atoms. The molecule has 0 radical (unpaired) electrons. The van der Waals surface area contributed by atoms with Gasteiger partial charge in [-0.3, -0.25) is 0 Å². The highest BCUT2D eigenvalue weighted by molar-refractivity contribution is 7.18. The molecular weight excluding hydrogens is 268 g/mol. The normalized spacial score (nSPS) is 12.9. The summed E-state index contributed by atoms with van der Waals surface area (Å²) in [6, 6.07) is 12.5. The van der Waals surface area contributed by atoms with Gasteiger partial charge in [0.2, 0.25) is 0 Å². The average molecular weight is 286 g/mol. The van der Waals surface area contributed by atoms with Crippen LogP contribution in [0.5, 0.6) is 0 Å². The van der Waals surface area contributed by atoms with Crippen molar-refractivity contribution in [1.29, 1.82) is 0 Å². The third-order valence-electron chi connectivity index (χ3n) is 3.27. The highest BCUT2D eigenvalue weighted by Crippen LogP contribution is 2.26. The molecule has 0 spiro atoms. The first kappa shape index (κ1) is 13.3. The minimum Gasteiger partial charge on any atom is -0.465 e. The van der Waals surface area contributed by atoms with Crippen LogP contribution in [0.1, 0.15) is 29.5 Å². The summed E-state index contributed by atoms with van der Waals surface area (Å²) in [6.07, 6.45) is 0.861. The number of nitrogens with one attached hydrogen (secondary N) is 1. The number of aryl methyl sites for hydroxylation is 1. The first-order chi connectivity index (χ1) is 9.76. The largest absolute Gasteiger partial charge is 0.465 e. The topological polar surface area (TPSA) is 38.1 Å². The molecule has 0 aliphatic heterocycles. The van der Waals surface area contributed by atoms with Crippen LogP contribution >= 0.6 is 11.3 Å². The zero-order valence-electron chi connectivity index (χ0n) is 11.7. The van der Waals surface area contributed by atoms with Gasteiger partial charge in [0.05, 0.1) is 21.3 Å². The Morgan fingerprint density at radius 3 is 2.80 bits per heavy atom. The molecule has 3 nitrogen and oxygen atoms in total. The van der Waals surface area contributed by atoms with Crippen LogP contribution in [0.3, 0.4) is 0 Å². The Balaban J connectivity index is 1.85. The summed E-state index contributed by atoms with van der Waals surface area (Å²) < 4.78 is 7.00. The fraction of sp³-hybridized carbons (Fsp3) is 0.312. The number of hydrogen-bond acceptors (Lipinski definition) is 4. The van der Waals surface area contributed by atoms with Gasteiger partial charge in [-0.2, -0.15) is 0 Å². The second kappa shape index (κ2) is 5.77. The molecule has 0 aliphatic carbocycles. The first-order valence-corrected chi connectivity index (χ1v) is 7.72. The maximum absolute atomic E-state index is 5.76. The summed E-state index contributed by atoms with van der Waals surface area (Å²) >= 11 is 1.76. The number of nitrogens with zero attached hydrogens (tertiary/aromatic N) is 1. The van der Waals surface area contributed by atoms with E-state index in [2.05, 4.69) is 36.5 Å². The van der Waals surface area contributed by atoms with Crippen LogP contribution < -0.4 is 5.32 Å². The van der Waals surface area contributed by atoms with Crippen molar-refractivity contribution in [3.8, 4) is 0 Å². The van der Waals surface area contributed by atoms with Crippen LogP contribution in [0.2, 0.25) is 0 Å². The summed E-state index contributed by atoms with van der Waals surface area (Å²) in [7, 11) is 0. The number of thiazole rings is 1. The quantitative estimate of drug-likeness (QED) is 0.767. The van der Waals surface area contributed by atoms with Crippen molar-refractivity contribution < 1.29 is 4.42 Å². The van der Waals surface area contributed by atoms with E-state index in [1.165, 1.54) is 4.70 Å². The smallest absolute Gasteiger partial charge is 0.121 e. The van der Waals surface area contributed by atoms with Crippen molar-refractivity contribution in [2.75, 3.05) is 6.54 Å². The standard InChI is InChI=1S/C16H18N2OS/c1-3-17-13(14-9-8-11(2)19-14)10-16-18-12-6-4-5-7-15(12)20-16/h4-9,13,17H,3,10H2,1-2H3. The molecule has 0 saturated heterocycles. The Morgan fingerprint density at radius 1 is 1.25 bits per heavy atom. The Hall–Kier alpha value is -1.65. The van der Waals surface area contributed by atoms with Crippen LogP contribution in [-0.2, 0) is 6.42 Å². The number of para-hydroxylation sites is 1. The molecule has 1 atom stereocenters. The molecule has 2 aromatic heterocycles. The molecule has 1 aromatic carbocycles. The Bertz CT molecular complexity index is 668. The Kier molecular flexibility index (Phi) is 3.85. The molecule has 0 bridgehead atoms. The predicted octanol–water partition coefficient (Wildman–Crippen LogP) is 4.09. The second-order valence-corrected chi connectivity index (χ2v) is 5.95. The molecule has 0 fully saturated rings. The molecule has 3 aromatic rings. The summed E-state index contributed by atoms with van der Waals surface area (Å²) in [6.45, 7) is 5.00. The van der Waals surface area contributed by atoms with Crippen molar-refractivity contribution in [2.24, 2.45) is 0 Å². The number of likely N-dealkylation sites (N-methyl/N-ethyl adjacent to an activating group) is 1. The van der Waals surface area contributed by atoms with Crippen molar-refractivity contribution in [2.45, 2.75) is 26.3 Å². The third kappa shape index (κ3) is 2.76. The first-order valence-electron chi connectivity index (χ1n) is 6.90. The van der Waals surface area contributed by atoms with Gasteiger partial charge >= 0.3 is 0 Å². The molecule has 2 heterocycles. The van der Waals surface area contributed by atoms with Gasteiger partial charge in [-0.15, -0.1) is 11.3 Å². The van der Waals surface area contributed by atoms with E-state index in [4.69, 9.17) is 9.40 Å². The van der Waals surface area contributed by atoms with E-state index >= 15 is 0 Å². The molecular formula is C16H18N2OS. The minimum atomic E-state index is 0.189. The van der Waals surface area contributed by atoms with E-state index in [-0.39, 0.29) is 6.04 Å². The molecule has 0 amide bonds. The number of rotatable bonds is 5. The van der Waals surface area contributed by atoms with Gasteiger partial charge in [-0.25, -0.2) is 4.98 Å². The lowest BCUT2D eigenvalue weighted by atomic mass is 10.1. The van der Waals surface area contributed by atoms with Gasteiger partial charge < -0.3 is 9.73 Å². The summed E-state index contributed by atoms with van der Waals surface area (Å²) in [5.41, 5.74) is 1.08. The summed E-state index contributed by atoms with van der Waals surface area (Å²) in [5.74, 6) is 1.94. The van der Waals surface area contributed by atoms with Crippen LogP contribution in [-0.4, -0.2) is 11.5 Å². The average Bonchev–Trinajstić information content (AvgIpc) is 3.03. The molecule has 0 saturated carbocycles.